The van der Waals surface area contributed by atoms with Gasteiger partial charge < -0.3 is 20.7 Å². The van der Waals surface area contributed by atoms with Crippen molar-refractivity contribution in [3.63, 3.8) is 0 Å². The van der Waals surface area contributed by atoms with Gasteiger partial charge in [-0.3, -0.25) is 9.59 Å². The van der Waals surface area contributed by atoms with Crippen LogP contribution >= 0.6 is 0 Å². The Kier molecular flexibility index (Phi) is 8.00. The summed E-state index contributed by atoms with van der Waals surface area (Å²) in [5.41, 5.74) is 9.67. The monoisotopic (exact) mass is 733 g/mol. The number of aromatic hydroxyl groups is 1. The van der Waals surface area contributed by atoms with E-state index in [4.69, 9.17) is 10.5 Å². The van der Waals surface area contributed by atoms with E-state index in [0.717, 1.165) is 74.6 Å². The zero-order valence-corrected chi connectivity index (χ0v) is 33.7. The van der Waals surface area contributed by atoms with Crippen LogP contribution in [0.1, 0.15) is 136 Å². The summed E-state index contributed by atoms with van der Waals surface area (Å²) in [6.45, 7) is 16.2. The van der Waals surface area contributed by atoms with Gasteiger partial charge in [0.1, 0.15) is 17.6 Å². The highest BCUT2D eigenvalue weighted by molar-refractivity contribution is 6.01. The summed E-state index contributed by atoms with van der Waals surface area (Å²) in [4.78, 5) is 29.2. The molecule has 7 aliphatic carbocycles. The minimum absolute atomic E-state index is 0.0470. The van der Waals surface area contributed by atoms with Crippen LogP contribution in [-0.4, -0.2) is 39.6 Å². The first kappa shape index (κ1) is 36.7. The predicted octanol–water partition coefficient (Wildman–Crippen LogP) is 9.47. The fraction of sp³-hybridized carbons (Fsp3) is 0.667. The SMILES string of the molecule is C[C@H](C[C@@H](O)[C@H]1O[C@]1(C)[C@@H]1CCC[C@H]1c1cccc(N)c1)C1=C2CC[C@@H]3[C@]4(C)C[C@]5(c6cccc(O)c6)CC[C@H](C[C@]3(C)[C@@]2(C)CC1=O)[C@H]4C(C)(C)C5=O. The first-order valence-electron chi connectivity index (χ1n) is 21.2. The lowest BCUT2D eigenvalue weighted by atomic mass is 9.33. The number of hydrogen-bond acceptors (Lipinski definition) is 6. The van der Waals surface area contributed by atoms with E-state index < -0.39 is 16.9 Å². The number of nitrogen functional groups attached to an aromatic ring is 1. The van der Waals surface area contributed by atoms with Crippen LogP contribution in [0.3, 0.4) is 0 Å². The molecule has 6 nitrogen and oxygen atoms in total. The van der Waals surface area contributed by atoms with Crippen molar-refractivity contribution in [3.8, 4) is 5.75 Å². The fourth-order valence-corrected chi connectivity index (χ4v) is 16.0. The van der Waals surface area contributed by atoms with Gasteiger partial charge in [-0.2, -0.15) is 0 Å². The van der Waals surface area contributed by atoms with E-state index in [1.54, 1.807) is 6.07 Å². The molecule has 54 heavy (non-hydrogen) atoms. The number of Topliss-reactive ketones (excluding diaryl/α,β-unsaturated/α-hetero) is 2. The number of allylic oxidation sites excluding steroid dienone is 2. The molecule has 1 aliphatic heterocycles. The van der Waals surface area contributed by atoms with E-state index in [9.17, 15) is 19.8 Å². The highest BCUT2D eigenvalue weighted by Crippen LogP contribution is 2.78. The van der Waals surface area contributed by atoms with Gasteiger partial charge in [0.05, 0.1) is 17.1 Å². The van der Waals surface area contributed by atoms with Crippen LogP contribution in [0, 0.1) is 51.2 Å². The molecular formula is C48H63NO5. The number of carbonyl (C=O) groups is 2. The average Bonchev–Trinajstić information content (AvgIpc) is 3.46. The molecule has 1 heterocycles. The lowest BCUT2D eigenvalue weighted by Gasteiger charge is -2.70. The van der Waals surface area contributed by atoms with E-state index in [2.05, 4.69) is 66.7 Å². The number of nitrogens with two attached hydrogens (primary N) is 1. The molecule has 2 aromatic carbocycles. The molecule has 0 radical (unpaired) electrons. The van der Waals surface area contributed by atoms with Gasteiger partial charge in [-0.05, 0) is 152 Å². The van der Waals surface area contributed by atoms with E-state index in [1.807, 2.05) is 24.3 Å². The highest BCUT2D eigenvalue weighted by atomic mass is 16.6. The minimum Gasteiger partial charge on any atom is -0.508 e. The number of epoxide rings is 1. The second-order valence-corrected chi connectivity index (χ2v) is 20.9. The molecular weight excluding hydrogens is 671 g/mol. The normalized spacial score (nSPS) is 44.4. The number of aliphatic hydroxyl groups excluding tert-OH is 1. The number of phenolic OH excluding ortho intramolecular Hbond substituents is 1. The van der Waals surface area contributed by atoms with E-state index in [-0.39, 0.29) is 51.3 Å². The standard InChI is InChI=1S/C48H63NO5/c1-27(21-36(51)41-47(7,54-41)34-16-10-15-33(34)28-11-8-13-31(49)22-28)39-35-17-18-38-44(4)26-48(30-12-9-14-32(50)23-30)20-19-29(40(44)43(2,3)42(48)53)24-46(38,6)45(35,5)25-37(39)52/h8-9,11-14,22-23,27,29,33-34,36,38,40-41,50-51H,10,15-21,24-26,49H2,1-7H3/t27-,29-,33+,34-,36-,38-,40+,41-,44+,45+,46+,47-,48+/m1/s1. The van der Waals surface area contributed by atoms with Crippen molar-refractivity contribution >= 4 is 17.3 Å². The Labute approximate surface area is 322 Å². The molecule has 2 aromatic rings. The number of phenols is 1. The van der Waals surface area contributed by atoms with Gasteiger partial charge in [-0.25, -0.2) is 0 Å². The summed E-state index contributed by atoms with van der Waals surface area (Å²) < 4.78 is 6.48. The quantitative estimate of drug-likeness (QED) is 0.193. The number of ketones is 2. The number of aliphatic hydroxyl groups is 1. The van der Waals surface area contributed by atoms with Gasteiger partial charge in [-0.1, -0.05) is 77.8 Å². The maximum atomic E-state index is 14.8. The van der Waals surface area contributed by atoms with Crippen molar-refractivity contribution in [2.75, 3.05) is 5.73 Å². The maximum absolute atomic E-state index is 14.8. The van der Waals surface area contributed by atoms with Gasteiger partial charge in [0, 0.05) is 22.9 Å². The Hall–Kier alpha value is -2.96. The van der Waals surface area contributed by atoms with Crippen LogP contribution in [0.4, 0.5) is 5.69 Å². The highest BCUT2D eigenvalue weighted by Gasteiger charge is 2.74. The van der Waals surface area contributed by atoms with Crippen molar-refractivity contribution in [1.82, 2.24) is 0 Å². The predicted molar refractivity (Wildman–Crippen MR) is 212 cm³/mol. The fourth-order valence-electron chi connectivity index (χ4n) is 16.0. The Bertz CT molecular complexity index is 1950. The second kappa shape index (κ2) is 11.8. The molecule has 0 aromatic heterocycles. The smallest absolute Gasteiger partial charge is 0.159 e. The number of anilines is 1. The van der Waals surface area contributed by atoms with Gasteiger partial charge in [0.15, 0.2) is 5.78 Å². The zero-order valence-electron chi connectivity index (χ0n) is 33.7. The third kappa shape index (κ3) is 4.77. The molecule has 4 bridgehead atoms. The van der Waals surface area contributed by atoms with Crippen molar-refractivity contribution < 1.29 is 24.5 Å². The summed E-state index contributed by atoms with van der Waals surface area (Å²) in [6, 6.07) is 15.8. The number of benzene rings is 2. The largest absolute Gasteiger partial charge is 0.508 e. The topological polar surface area (TPSA) is 113 Å². The Morgan fingerprint density at radius 2 is 1.72 bits per heavy atom. The van der Waals surface area contributed by atoms with Crippen LogP contribution in [0.5, 0.6) is 5.75 Å². The molecule has 7 fully saturated rings. The molecule has 4 N–H and O–H groups in total. The summed E-state index contributed by atoms with van der Waals surface area (Å²) in [7, 11) is 0. The summed E-state index contributed by atoms with van der Waals surface area (Å²) in [5, 5.41) is 22.4. The number of rotatable bonds is 7. The van der Waals surface area contributed by atoms with Crippen molar-refractivity contribution in [2.45, 2.75) is 148 Å². The maximum Gasteiger partial charge on any atom is 0.159 e. The van der Waals surface area contributed by atoms with Gasteiger partial charge >= 0.3 is 0 Å². The zero-order chi connectivity index (χ0) is 38.4. The minimum atomic E-state index is -0.632. The first-order valence-corrected chi connectivity index (χ1v) is 21.2. The molecule has 290 valence electrons. The van der Waals surface area contributed by atoms with Gasteiger partial charge in [0.2, 0.25) is 0 Å². The van der Waals surface area contributed by atoms with Crippen molar-refractivity contribution in [2.24, 2.45) is 51.2 Å². The molecule has 0 amide bonds. The Morgan fingerprint density at radius 3 is 2.46 bits per heavy atom. The average molecular weight is 734 g/mol. The Morgan fingerprint density at radius 1 is 0.963 bits per heavy atom. The van der Waals surface area contributed by atoms with Crippen LogP contribution in [0.2, 0.25) is 0 Å². The van der Waals surface area contributed by atoms with Crippen molar-refractivity contribution in [1.29, 1.82) is 0 Å². The number of hydrogen-bond donors (Lipinski definition) is 3. The third-order valence-corrected chi connectivity index (χ3v) is 17.9. The lowest BCUT2D eigenvalue weighted by molar-refractivity contribution is -0.201. The second-order valence-electron chi connectivity index (χ2n) is 20.9. The molecule has 0 spiro atoms. The van der Waals surface area contributed by atoms with Crippen LogP contribution in [-0.2, 0) is 19.7 Å². The summed E-state index contributed by atoms with van der Waals surface area (Å²) in [5.74, 6) is 2.57. The number of fused-ring (bicyclic) bond motifs is 5. The van der Waals surface area contributed by atoms with E-state index in [1.165, 1.54) is 11.1 Å². The molecule has 8 aliphatic rings. The molecule has 1 saturated heterocycles. The summed E-state index contributed by atoms with van der Waals surface area (Å²) >= 11 is 0. The lowest BCUT2D eigenvalue weighted by Crippen LogP contribution is -2.67. The number of ether oxygens (including phenoxy) is 1. The van der Waals surface area contributed by atoms with Crippen molar-refractivity contribution in [3.05, 3.63) is 70.8 Å². The molecule has 13 atom stereocenters. The van der Waals surface area contributed by atoms with Gasteiger partial charge in [0.25, 0.3) is 0 Å². The van der Waals surface area contributed by atoms with Crippen LogP contribution < -0.4 is 5.73 Å². The Balaban J connectivity index is 0.998. The molecule has 10 rings (SSSR count). The van der Waals surface area contributed by atoms with E-state index >= 15 is 0 Å². The number of carbonyl (C=O) groups excluding carboxylic acids is 2. The van der Waals surface area contributed by atoms with Gasteiger partial charge in [-0.15, -0.1) is 0 Å². The molecule has 6 heteroatoms. The third-order valence-electron chi connectivity index (χ3n) is 17.9. The van der Waals surface area contributed by atoms with E-state index in [0.29, 0.717) is 42.3 Å². The summed E-state index contributed by atoms with van der Waals surface area (Å²) in [6.07, 6.45) is 9.14. The first-order chi connectivity index (χ1) is 25.4. The molecule has 6 saturated carbocycles. The van der Waals surface area contributed by atoms with Crippen LogP contribution in [0.15, 0.2) is 59.7 Å². The molecule has 0 unspecified atom stereocenters. The van der Waals surface area contributed by atoms with Crippen LogP contribution in [0.25, 0.3) is 0 Å².